The smallest absolute Gasteiger partial charge is 0.264 e. The van der Waals surface area contributed by atoms with Gasteiger partial charge in [0.25, 0.3) is 10.1 Å². The van der Waals surface area contributed by atoms with Crippen LogP contribution in [0.4, 0.5) is 0 Å². The Morgan fingerprint density at radius 3 is 2.36 bits per heavy atom. The van der Waals surface area contributed by atoms with Crippen LogP contribution in [-0.4, -0.2) is 40.7 Å². The van der Waals surface area contributed by atoms with Crippen molar-refractivity contribution in [3.63, 3.8) is 0 Å². The predicted molar refractivity (Wildman–Crippen MR) is 52.2 cm³/mol. The van der Waals surface area contributed by atoms with Gasteiger partial charge in [0.2, 0.25) is 0 Å². The highest BCUT2D eigenvalue weighted by Gasteiger charge is 2.39. The molecular weight excluding hydrogens is 228 g/mol. The molecule has 2 atom stereocenters. The molecule has 0 aliphatic carbocycles. The third-order valence-corrected chi connectivity index (χ3v) is 4.60. The summed E-state index contributed by atoms with van der Waals surface area (Å²) in [7, 11) is -6.68. The number of rotatable bonds is 3. The highest BCUT2D eigenvalue weighted by molar-refractivity contribution is 7.91. The summed E-state index contributed by atoms with van der Waals surface area (Å²) in [5.74, 6) is -0.350. The molecule has 0 saturated carbocycles. The Morgan fingerprint density at radius 2 is 1.93 bits per heavy atom. The van der Waals surface area contributed by atoms with Crippen LogP contribution in [0.2, 0.25) is 0 Å². The molecule has 2 unspecified atom stereocenters. The van der Waals surface area contributed by atoms with Crippen LogP contribution in [0.15, 0.2) is 0 Å². The minimum Gasteiger partial charge on any atom is -0.266 e. The molecule has 0 aromatic carbocycles. The van der Waals surface area contributed by atoms with Crippen molar-refractivity contribution < 1.29 is 21.0 Å². The fraction of sp³-hybridized carbons (Fsp3) is 1.00. The Labute approximate surface area is 84.5 Å². The maximum absolute atomic E-state index is 11.2. The molecule has 1 fully saturated rings. The van der Waals surface area contributed by atoms with Crippen LogP contribution >= 0.6 is 0 Å². The second kappa shape index (κ2) is 3.79. The van der Waals surface area contributed by atoms with Gasteiger partial charge in [-0.05, 0) is 6.42 Å². The van der Waals surface area contributed by atoms with E-state index in [4.69, 9.17) is 4.18 Å². The van der Waals surface area contributed by atoms with Gasteiger partial charge in [0, 0.05) is 5.92 Å². The van der Waals surface area contributed by atoms with Crippen molar-refractivity contribution in [3.8, 4) is 0 Å². The summed E-state index contributed by atoms with van der Waals surface area (Å²) < 4.78 is 48.9. The third kappa shape index (κ3) is 3.21. The molecule has 0 aromatic rings. The number of sulfone groups is 1. The van der Waals surface area contributed by atoms with Gasteiger partial charge < -0.3 is 0 Å². The molecule has 7 heteroatoms. The zero-order valence-electron chi connectivity index (χ0n) is 8.13. The molecule has 1 rings (SSSR count). The first-order chi connectivity index (χ1) is 6.23. The highest BCUT2D eigenvalue weighted by atomic mass is 32.2. The monoisotopic (exact) mass is 242 g/mol. The highest BCUT2D eigenvalue weighted by Crippen LogP contribution is 2.25. The molecule has 0 radical (unpaired) electrons. The number of hydrogen-bond acceptors (Lipinski definition) is 5. The first-order valence-corrected chi connectivity index (χ1v) is 7.96. The average molecular weight is 242 g/mol. The van der Waals surface area contributed by atoms with Gasteiger partial charge in [-0.1, -0.05) is 6.92 Å². The standard InChI is InChI=1S/C7H14O5S2/c1-3-6-4-14(10,11)5-7(6)12-13(2,8)9/h6-7H,3-5H2,1-2H3. The van der Waals surface area contributed by atoms with Crippen LogP contribution < -0.4 is 0 Å². The minimum absolute atomic E-state index is 0.0314. The molecule has 84 valence electrons. The molecule has 1 aliphatic rings. The molecule has 14 heavy (non-hydrogen) atoms. The van der Waals surface area contributed by atoms with Gasteiger partial charge in [0.1, 0.15) is 0 Å². The van der Waals surface area contributed by atoms with E-state index < -0.39 is 26.1 Å². The Hall–Kier alpha value is -0.140. The van der Waals surface area contributed by atoms with Gasteiger partial charge in [-0.25, -0.2) is 8.42 Å². The van der Waals surface area contributed by atoms with E-state index in [1.165, 1.54) is 0 Å². The average Bonchev–Trinajstić information content (AvgIpc) is 2.21. The molecule has 1 heterocycles. The molecular formula is C7H14O5S2. The quantitative estimate of drug-likeness (QED) is 0.640. The lowest BCUT2D eigenvalue weighted by molar-refractivity contribution is 0.182. The zero-order valence-corrected chi connectivity index (χ0v) is 9.77. The summed E-state index contributed by atoms with van der Waals surface area (Å²) in [6, 6.07) is 0. The van der Waals surface area contributed by atoms with Crippen LogP contribution in [0.5, 0.6) is 0 Å². The lowest BCUT2D eigenvalue weighted by Crippen LogP contribution is -2.24. The fourth-order valence-electron chi connectivity index (χ4n) is 1.60. The van der Waals surface area contributed by atoms with E-state index in [0.717, 1.165) is 6.26 Å². The van der Waals surface area contributed by atoms with Crippen LogP contribution in [0, 0.1) is 5.92 Å². The van der Waals surface area contributed by atoms with Crippen molar-refractivity contribution in [2.75, 3.05) is 17.8 Å². The summed E-state index contributed by atoms with van der Waals surface area (Å²) in [4.78, 5) is 0. The van der Waals surface area contributed by atoms with Crippen molar-refractivity contribution >= 4 is 20.0 Å². The fourth-order valence-corrected chi connectivity index (χ4v) is 4.44. The summed E-state index contributed by atoms with van der Waals surface area (Å²) >= 11 is 0. The van der Waals surface area contributed by atoms with E-state index in [0.29, 0.717) is 6.42 Å². The molecule has 0 spiro atoms. The van der Waals surface area contributed by atoms with Gasteiger partial charge in [-0.3, -0.25) is 4.18 Å². The van der Waals surface area contributed by atoms with Crippen molar-refractivity contribution in [2.24, 2.45) is 5.92 Å². The van der Waals surface area contributed by atoms with Crippen LogP contribution in [0.3, 0.4) is 0 Å². The first kappa shape index (κ1) is 11.9. The molecule has 1 aliphatic heterocycles. The lowest BCUT2D eigenvalue weighted by Gasteiger charge is -2.14. The third-order valence-electron chi connectivity index (χ3n) is 2.23. The second-order valence-electron chi connectivity index (χ2n) is 3.58. The first-order valence-electron chi connectivity index (χ1n) is 4.32. The molecule has 0 amide bonds. The molecule has 0 aromatic heterocycles. The van der Waals surface area contributed by atoms with Crippen LogP contribution in [0.25, 0.3) is 0 Å². The van der Waals surface area contributed by atoms with Gasteiger partial charge in [0.05, 0.1) is 23.9 Å². The predicted octanol–water partition coefficient (Wildman–Crippen LogP) is -0.214. The Bertz CT molecular complexity index is 394. The van der Waals surface area contributed by atoms with E-state index in [-0.39, 0.29) is 17.4 Å². The van der Waals surface area contributed by atoms with E-state index in [9.17, 15) is 16.8 Å². The molecule has 0 bridgehead atoms. The van der Waals surface area contributed by atoms with Crippen molar-refractivity contribution in [3.05, 3.63) is 0 Å². The van der Waals surface area contributed by atoms with Crippen LogP contribution in [0.1, 0.15) is 13.3 Å². The summed E-state index contributed by atoms with van der Waals surface area (Å²) in [5.41, 5.74) is 0. The topological polar surface area (TPSA) is 77.5 Å². The van der Waals surface area contributed by atoms with Crippen molar-refractivity contribution in [1.29, 1.82) is 0 Å². The largest absolute Gasteiger partial charge is 0.266 e. The van der Waals surface area contributed by atoms with E-state index in [1.54, 1.807) is 0 Å². The van der Waals surface area contributed by atoms with E-state index in [2.05, 4.69) is 0 Å². The number of hydrogen-bond donors (Lipinski definition) is 0. The second-order valence-corrected chi connectivity index (χ2v) is 7.34. The Balaban J connectivity index is 2.80. The van der Waals surface area contributed by atoms with Gasteiger partial charge in [0.15, 0.2) is 9.84 Å². The van der Waals surface area contributed by atoms with Gasteiger partial charge in [-0.2, -0.15) is 8.42 Å². The maximum Gasteiger partial charge on any atom is 0.264 e. The Morgan fingerprint density at radius 1 is 1.36 bits per heavy atom. The zero-order chi connectivity index (χ0) is 11.0. The SMILES string of the molecule is CCC1CS(=O)(=O)CC1OS(C)(=O)=O. The van der Waals surface area contributed by atoms with Crippen molar-refractivity contribution in [1.82, 2.24) is 0 Å². The van der Waals surface area contributed by atoms with Crippen molar-refractivity contribution in [2.45, 2.75) is 19.4 Å². The summed E-state index contributed by atoms with van der Waals surface area (Å²) in [5, 5.41) is 0. The normalized spacial score (nSPS) is 31.9. The molecule has 5 nitrogen and oxygen atoms in total. The lowest BCUT2D eigenvalue weighted by atomic mass is 10.0. The minimum atomic E-state index is -3.57. The van der Waals surface area contributed by atoms with Crippen LogP contribution in [-0.2, 0) is 24.1 Å². The van der Waals surface area contributed by atoms with E-state index in [1.807, 2.05) is 6.92 Å². The summed E-state index contributed by atoms with van der Waals surface area (Å²) in [6.45, 7) is 1.82. The molecule has 0 N–H and O–H groups in total. The summed E-state index contributed by atoms with van der Waals surface area (Å²) in [6.07, 6.45) is 0.851. The molecule has 1 saturated heterocycles. The Kier molecular flexibility index (Phi) is 3.23. The van der Waals surface area contributed by atoms with E-state index >= 15 is 0 Å². The van der Waals surface area contributed by atoms with Gasteiger partial charge in [-0.15, -0.1) is 0 Å². The maximum atomic E-state index is 11.2. The van der Waals surface area contributed by atoms with Gasteiger partial charge >= 0.3 is 0 Å².